The molecule has 0 saturated carbocycles. The van der Waals surface area contributed by atoms with Gasteiger partial charge in [-0.1, -0.05) is 24.0 Å². The number of hydrogen-bond acceptors (Lipinski definition) is 7. The molecule has 1 aromatic carbocycles. The molecule has 0 radical (unpaired) electrons. The second-order valence-electron chi connectivity index (χ2n) is 5.49. The molecular formula is C17H17N5O3S. The van der Waals surface area contributed by atoms with Crippen molar-refractivity contribution in [1.29, 1.82) is 0 Å². The van der Waals surface area contributed by atoms with E-state index in [1.807, 2.05) is 6.07 Å². The Bertz CT molecular complexity index is 992. The van der Waals surface area contributed by atoms with Gasteiger partial charge in [-0.05, 0) is 25.1 Å². The van der Waals surface area contributed by atoms with Crippen molar-refractivity contribution in [1.82, 2.24) is 14.8 Å². The van der Waals surface area contributed by atoms with Crippen LogP contribution in [-0.2, 0) is 16.1 Å². The maximum atomic E-state index is 12.3. The molecule has 0 aliphatic carbocycles. The van der Waals surface area contributed by atoms with Gasteiger partial charge in [0.15, 0.2) is 5.13 Å². The van der Waals surface area contributed by atoms with Crippen LogP contribution in [0.5, 0.6) is 0 Å². The number of aromatic nitrogens is 3. The number of fused-ring (bicyclic) bond motifs is 1. The summed E-state index contributed by atoms with van der Waals surface area (Å²) in [6.07, 6.45) is 3.15. The Kier molecular flexibility index (Phi) is 4.99. The second kappa shape index (κ2) is 7.36. The van der Waals surface area contributed by atoms with Crippen LogP contribution in [0.3, 0.4) is 0 Å². The van der Waals surface area contributed by atoms with Gasteiger partial charge in [0.1, 0.15) is 18.0 Å². The number of nitrogen functional groups attached to an aromatic ring is 1. The van der Waals surface area contributed by atoms with E-state index >= 15 is 0 Å². The molecule has 0 unspecified atom stereocenters. The Balaban J connectivity index is 1.71. The number of rotatable bonds is 6. The largest absolute Gasteiger partial charge is 0.457 e. The average molecular weight is 371 g/mol. The van der Waals surface area contributed by atoms with Crippen molar-refractivity contribution >= 4 is 44.9 Å². The number of esters is 1. The lowest BCUT2D eigenvalue weighted by Crippen LogP contribution is -2.19. The van der Waals surface area contributed by atoms with Crippen LogP contribution in [-0.4, -0.2) is 33.2 Å². The lowest BCUT2D eigenvalue weighted by atomic mass is 10.2. The summed E-state index contributed by atoms with van der Waals surface area (Å²) in [5.74, 6) is -0.800. The Hall–Kier alpha value is -3.20. The van der Waals surface area contributed by atoms with Crippen LogP contribution in [0.25, 0.3) is 10.9 Å². The minimum atomic E-state index is -0.492. The zero-order valence-electron chi connectivity index (χ0n) is 14.1. The van der Waals surface area contributed by atoms with Gasteiger partial charge < -0.3 is 15.8 Å². The monoisotopic (exact) mass is 371 g/mol. The molecule has 0 spiro atoms. The molecule has 3 N–H and O–H groups in total. The number of thiazole rings is 1. The fourth-order valence-corrected chi connectivity index (χ4v) is 3.22. The van der Waals surface area contributed by atoms with E-state index in [9.17, 15) is 9.59 Å². The van der Waals surface area contributed by atoms with Crippen molar-refractivity contribution < 1.29 is 14.3 Å². The first-order valence-electron chi connectivity index (χ1n) is 7.74. The molecule has 0 aliphatic heterocycles. The molecule has 0 atom stereocenters. The van der Waals surface area contributed by atoms with E-state index in [0.29, 0.717) is 21.4 Å². The number of carbonyl (C=O) groups is 2. The maximum Gasteiger partial charge on any atom is 0.350 e. The highest BCUT2D eigenvalue weighted by atomic mass is 32.1. The Morgan fingerprint density at radius 3 is 3.04 bits per heavy atom. The van der Waals surface area contributed by atoms with Gasteiger partial charge in [0, 0.05) is 11.1 Å². The Labute approximate surface area is 153 Å². The van der Waals surface area contributed by atoms with E-state index in [2.05, 4.69) is 22.0 Å². The zero-order chi connectivity index (χ0) is 18.7. The van der Waals surface area contributed by atoms with Crippen LogP contribution < -0.4 is 11.1 Å². The highest BCUT2D eigenvalue weighted by molar-refractivity contribution is 7.17. The maximum absolute atomic E-state index is 12.3. The van der Waals surface area contributed by atoms with E-state index in [1.54, 1.807) is 29.9 Å². The first-order valence-corrected chi connectivity index (χ1v) is 8.56. The van der Waals surface area contributed by atoms with Crippen molar-refractivity contribution in [2.24, 2.45) is 0 Å². The van der Waals surface area contributed by atoms with E-state index in [4.69, 9.17) is 10.5 Å². The highest BCUT2D eigenvalue weighted by Gasteiger charge is 2.18. The zero-order valence-corrected chi connectivity index (χ0v) is 14.9. The molecule has 0 bridgehead atoms. The lowest BCUT2D eigenvalue weighted by molar-refractivity contribution is -0.116. The molecule has 0 aliphatic rings. The van der Waals surface area contributed by atoms with Crippen LogP contribution in [0.2, 0.25) is 0 Å². The summed E-state index contributed by atoms with van der Waals surface area (Å²) in [5, 5.41) is 8.10. The van der Waals surface area contributed by atoms with E-state index in [1.165, 1.54) is 6.08 Å². The standard InChI is InChI=1S/C17H17N5O3S/c1-3-6-25-16(24)15-10(2)20-17(26-15)21-14(23)9-22-13-7-12(18)5-4-11(13)8-19-22/h3-5,7-8H,1,6,9,18H2,2H3,(H,20,21,23). The third-order valence-electron chi connectivity index (χ3n) is 3.52. The van der Waals surface area contributed by atoms with Gasteiger partial charge >= 0.3 is 5.97 Å². The van der Waals surface area contributed by atoms with Crippen LogP contribution in [0.15, 0.2) is 37.1 Å². The Morgan fingerprint density at radius 2 is 2.27 bits per heavy atom. The van der Waals surface area contributed by atoms with Crippen LogP contribution in [0.1, 0.15) is 15.4 Å². The number of amides is 1. The SMILES string of the molecule is C=CCOC(=O)c1sc(NC(=O)Cn2ncc3ccc(N)cc32)nc1C. The summed E-state index contributed by atoms with van der Waals surface area (Å²) in [7, 11) is 0. The number of carbonyl (C=O) groups excluding carboxylic acids is 2. The fourth-order valence-electron chi connectivity index (χ4n) is 2.35. The quantitative estimate of drug-likeness (QED) is 0.391. The molecular weight excluding hydrogens is 354 g/mol. The number of nitrogens with two attached hydrogens (primary N) is 1. The summed E-state index contributed by atoms with van der Waals surface area (Å²) < 4.78 is 6.55. The molecule has 0 fully saturated rings. The molecule has 26 heavy (non-hydrogen) atoms. The normalized spacial score (nSPS) is 10.7. The van der Waals surface area contributed by atoms with Crippen LogP contribution in [0.4, 0.5) is 10.8 Å². The fraction of sp³-hybridized carbons (Fsp3) is 0.176. The van der Waals surface area contributed by atoms with Gasteiger partial charge in [-0.2, -0.15) is 5.10 Å². The van der Waals surface area contributed by atoms with Crippen molar-refractivity contribution in [3.63, 3.8) is 0 Å². The Morgan fingerprint density at radius 1 is 1.46 bits per heavy atom. The van der Waals surface area contributed by atoms with Gasteiger partial charge in [0.2, 0.25) is 5.91 Å². The summed E-state index contributed by atoms with van der Waals surface area (Å²) in [4.78, 5) is 28.8. The number of benzene rings is 1. The predicted octanol–water partition coefficient (Wildman–Crippen LogP) is 2.36. The van der Waals surface area contributed by atoms with Crippen LogP contribution >= 0.6 is 11.3 Å². The van der Waals surface area contributed by atoms with Gasteiger partial charge in [-0.15, -0.1) is 0 Å². The molecule has 0 saturated heterocycles. The molecule has 8 nitrogen and oxygen atoms in total. The number of ether oxygens (including phenoxy) is 1. The summed E-state index contributed by atoms with van der Waals surface area (Å²) in [5.41, 5.74) is 7.65. The third-order valence-corrected chi connectivity index (χ3v) is 4.58. The first kappa shape index (κ1) is 17.6. The van der Waals surface area contributed by atoms with Gasteiger partial charge in [-0.3, -0.25) is 9.48 Å². The minimum Gasteiger partial charge on any atom is -0.457 e. The second-order valence-corrected chi connectivity index (χ2v) is 6.49. The topological polar surface area (TPSA) is 112 Å². The summed E-state index contributed by atoms with van der Waals surface area (Å²) >= 11 is 1.06. The number of hydrogen-bond donors (Lipinski definition) is 2. The number of anilines is 2. The average Bonchev–Trinajstić information content (AvgIpc) is 3.16. The van der Waals surface area contributed by atoms with E-state index < -0.39 is 5.97 Å². The van der Waals surface area contributed by atoms with Crippen molar-refractivity contribution in [2.75, 3.05) is 17.7 Å². The number of aryl methyl sites for hydroxylation is 1. The highest BCUT2D eigenvalue weighted by Crippen LogP contribution is 2.23. The summed E-state index contributed by atoms with van der Waals surface area (Å²) in [6, 6.07) is 5.38. The van der Waals surface area contributed by atoms with Gasteiger partial charge in [-0.25, -0.2) is 9.78 Å². The minimum absolute atomic E-state index is 0.00181. The van der Waals surface area contributed by atoms with Crippen molar-refractivity contribution in [3.05, 3.63) is 47.6 Å². The first-order chi connectivity index (χ1) is 12.5. The molecule has 3 aromatic rings. The molecule has 134 valence electrons. The van der Waals surface area contributed by atoms with E-state index in [0.717, 1.165) is 22.2 Å². The number of nitrogens with one attached hydrogen (secondary N) is 1. The van der Waals surface area contributed by atoms with Crippen molar-refractivity contribution in [2.45, 2.75) is 13.5 Å². The molecule has 9 heteroatoms. The predicted molar refractivity (Wildman–Crippen MR) is 100 cm³/mol. The molecule has 1 amide bonds. The van der Waals surface area contributed by atoms with Gasteiger partial charge in [0.25, 0.3) is 0 Å². The smallest absolute Gasteiger partial charge is 0.350 e. The lowest BCUT2D eigenvalue weighted by Gasteiger charge is -2.04. The molecule has 2 heterocycles. The van der Waals surface area contributed by atoms with E-state index in [-0.39, 0.29) is 19.1 Å². The molecule has 2 aromatic heterocycles. The third kappa shape index (κ3) is 3.72. The molecule has 3 rings (SSSR count). The number of nitrogens with zero attached hydrogens (tertiary/aromatic N) is 3. The van der Waals surface area contributed by atoms with Crippen LogP contribution in [0, 0.1) is 6.92 Å². The summed E-state index contributed by atoms with van der Waals surface area (Å²) in [6.45, 7) is 5.29. The van der Waals surface area contributed by atoms with Gasteiger partial charge in [0.05, 0.1) is 17.4 Å². The van der Waals surface area contributed by atoms with Crippen molar-refractivity contribution in [3.8, 4) is 0 Å².